The average Bonchev–Trinajstić information content (AvgIpc) is 3.13. The van der Waals surface area contributed by atoms with E-state index in [1.54, 1.807) is 30.3 Å². The van der Waals surface area contributed by atoms with E-state index in [0.29, 0.717) is 5.56 Å². The van der Waals surface area contributed by atoms with E-state index in [9.17, 15) is 9.59 Å². The van der Waals surface area contributed by atoms with Gasteiger partial charge in [0, 0.05) is 5.56 Å². The lowest BCUT2D eigenvalue weighted by Gasteiger charge is -1.98. The Balaban J connectivity index is 1.73. The minimum atomic E-state index is -0.516. The van der Waals surface area contributed by atoms with Gasteiger partial charge in [0.15, 0.2) is 5.52 Å². The minimum absolute atomic E-state index is 0.0445. The Kier molecular flexibility index (Phi) is 3.95. The van der Waals surface area contributed by atoms with Crippen LogP contribution in [-0.2, 0) is 0 Å². The lowest BCUT2D eigenvalue weighted by molar-refractivity contribution is 0.100. The van der Waals surface area contributed by atoms with Crippen LogP contribution in [0, 0.1) is 0 Å². The number of hydrogen-bond acceptors (Lipinski definition) is 6. The molecule has 0 unspecified atom stereocenters. The Labute approximate surface area is 147 Å². The van der Waals surface area contributed by atoms with E-state index < -0.39 is 5.56 Å². The molecule has 26 heavy (non-hydrogen) atoms. The van der Waals surface area contributed by atoms with Crippen LogP contribution in [0.4, 0.5) is 0 Å². The summed E-state index contributed by atoms with van der Waals surface area (Å²) in [5.74, 6) is -0.451. The molecule has 0 bridgehead atoms. The van der Waals surface area contributed by atoms with E-state index in [-0.39, 0.29) is 22.6 Å². The molecular weight excluding hydrogens is 332 g/mol. The number of carbonyl (C=O) groups is 1. The fourth-order valence-corrected chi connectivity index (χ4v) is 2.44. The number of benzene rings is 2. The lowest BCUT2D eigenvalue weighted by Crippen LogP contribution is -2.17. The number of rotatable bonds is 4. The van der Waals surface area contributed by atoms with Crippen LogP contribution in [0.15, 0.2) is 81.4 Å². The van der Waals surface area contributed by atoms with Crippen LogP contribution in [-0.4, -0.2) is 26.8 Å². The van der Waals surface area contributed by atoms with Gasteiger partial charge in [0.2, 0.25) is 11.5 Å². The van der Waals surface area contributed by atoms with Gasteiger partial charge in [-0.15, -0.1) is 0 Å². The number of aromatic nitrogens is 3. The second-order valence-electron chi connectivity index (χ2n) is 5.45. The monoisotopic (exact) mass is 344 g/mol. The molecule has 4 aromatic rings. The fourth-order valence-electron chi connectivity index (χ4n) is 2.44. The van der Waals surface area contributed by atoms with Crippen LogP contribution in [0.2, 0.25) is 0 Å². The van der Waals surface area contributed by atoms with E-state index in [1.165, 1.54) is 12.5 Å². The van der Waals surface area contributed by atoms with E-state index >= 15 is 0 Å². The van der Waals surface area contributed by atoms with Gasteiger partial charge in [0.05, 0.1) is 6.21 Å². The highest BCUT2D eigenvalue weighted by Gasteiger charge is 2.21. The zero-order valence-corrected chi connectivity index (χ0v) is 13.4. The first-order chi connectivity index (χ1) is 12.7. The van der Waals surface area contributed by atoms with Crippen LogP contribution in [0.1, 0.15) is 21.7 Å². The molecule has 0 aliphatic heterocycles. The van der Waals surface area contributed by atoms with E-state index in [1.807, 2.05) is 30.3 Å². The Morgan fingerprint density at radius 3 is 2.42 bits per heavy atom. The molecule has 0 saturated heterocycles. The standard InChI is InChI=1S/C19H12N4O3/c24-17(14-9-5-2-6-10-14)18-15-16(22-26-18)19(25)23(12-20-15)21-11-13-7-3-1-4-8-13/h1-12H/b21-11+. The van der Waals surface area contributed by atoms with Crippen molar-refractivity contribution in [3.63, 3.8) is 0 Å². The fraction of sp³-hybridized carbons (Fsp3) is 0. The van der Waals surface area contributed by atoms with Gasteiger partial charge in [-0.2, -0.15) is 9.78 Å². The maximum atomic E-state index is 12.5. The first-order valence-corrected chi connectivity index (χ1v) is 7.80. The van der Waals surface area contributed by atoms with Crippen molar-refractivity contribution in [1.29, 1.82) is 0 Å². The van der Waals surface area contributed by atoms with Crippen LogP contribution < -0.4 is 5.56 Å². The molecule has 126 valence electrons. The van der Waals surface area contributed by atoms with Crippen molar-refractivity contribution in [1.82, 2.24) is 14.8 Å². The van der Waals surface area contributed by atoms with Crippen LogP contribution in [0.25, 0.3) is 11.0 Å². The maximum Gasteiger partial charge on any atom is 0.304 e. The predicted molar refractivity (Wildman–Crippen MR) is 95.4 cm³/mol. The van der Waals surface area contributed by atoms with Gasteiger partial charge in [-0.3, -0.25) is 9.59 Å². The van der Waals surface area contributed by atoms with Gasteiger partial charge >= 0.3 is 5.56 Å². The zero-order chi connectivity index (χ0) is 17.9. The molecule has 0 radical (unpaired) electrons. The van der Waals surface area contributed by atoms with Gasteiger partial charge in [0.1, 0.15) is 11.8 Å². The Morgan fingerprint density at radius 2 is 1.69 bits per heavy atom. The summed E-state index contributed by atoms with van der Waals surface area (Å²) in [5.41, 5.74) is 0.822. The highest BCUT2D eigenvalue weighted by molar-refractivity contribution is 6.12. The lowest BCUT2D eigenvalue weighted by atomic mass is 10.1. The van der Waals surface area contributed by atoms with Crippen molar-refractivity contribution < 1.29 is 9.32 Å². The zero-order valence-electron chi connectivity index (χ0n) is 13.4. The topological polar surface area (TPSA) is 90.3 Å². The first kappa shape index (κ1) is 15.6. The molecule has 2 aromatic heterocycles. The van der Waals surface area contributed by atoms with Gasteiger partial charge < -0.3 is 4.52 Å². The summed E-state index contributed by atoms with van der Waals surface area (Å²) in [4.78, 5) is 29.1. The maximum absolute atomic E-state index is 12.5. The Hall–Kier alpha value is -3.87. The molecule has 2 heterocycles. The first-order valence-electron chi connectivity index (χ1n) is 7.80. The minimum Gasteiger partial charge on any atom is -0.349 e. The van der Waals surface area contributed by atoms with Crippen molar-refractivity contribution in [3.8, 4) is 0 Å². The molecule has 0 aliphatic rings. The average molecular weight is 344 g/mol. The Bertz CT molecular complexity index is 1160. The number of hydrogen-bond donors (Lipinski definition) is 0. The molecule has 0 N–H and O–H groups in total. The molecule has 0 aliphatic carbocycles. The largest absolute Gasteiger partial charge is 0.349 e. The summed E-state index contributed by atoms with van der Waals surface area (Å²) >= 11 is 0. The van der Waals surface area contributed by atoms with Gasteiger partial charge in [-0.25, -0.2) is 4.98 Å². The number of nitrogens with zero attached hydrogens (tertiary/aromatic N) is 4. The molecule has 0 spiro atoms. The Morgan fingerprint density at radius 1 is 1.00 bits per heavy atom. The van der Waals surface area contributed by atoms with Crippen molar-refractivity contribution in [2.75, 3.05) is 0 Å². The molecule has 2 aromatic carbocycles. The van der Waals surface area contributed by atoms with Crippen molar-refractivity contribution in [2.24, 2.45) is 5.10 Å². The molecule has 4 rings (SSSR count). The quantitative estimate of drug-likeness (QED) is 0.419. The highest BCUT2D eigenvalue weighted by atomic mass is 16.5. The van der Waals surface area contributed by atoms with Crippen LogP contribution in [0.3, 0.4) is 0 Å². The third-order valence-corrected chi connectivity index (χ3v) is 3.75. The van der Waals surface area contributed by atoms with Crippen LogP contribution in [0.5, 0.6) is 0 Å². The predicted octanol–water partition coefficient (Wildman–Crippen LogP) is 2.50. The highest BCUT2D eigenvalue weighted by Crippen LogP contribution is 2.16. The molecule has 0 atom stereocenters. The third-order valence-electron chi connectivity index (χ3n) is 3.75. The normalized spacial score (nSPS) is 11.2. The SMILES string of the molecule is O=C(c1ccccc1)c1onc2c(=O)n(/N=C/c3ccccc3)cnc12. The van der Waals surface area contributed by atoms with E-state index in [4.69, 9.17) is 4.52 Å². The summed E-state index contributed by atoms with van der Waals surface area (Å²) in [6.45, 7) is 0. The third kappa shape index (κ3) is 2.82. The summed E-state index contributed by atoms with van der Waals surface area (Å²) in [5, 5.41) is 7.80. The van der Waals surface area contributed by atoms with Gasteiger partial charge in [0.25, 0.3) is 0 Å². The van der Waals surface area contributed by atoms with E-state index in [0.717, 1.165) is 10.2 Å². The van der Waals surface area contributed by atoms with Crippen LogP contribution >= 0.6 is 0 Å². The number of ketones is 1. The molecule has 7 nitrogen and oxygen atoms in total. The number of fused-ring (bicyclic) bond motifs is 1. The second-order valence-corrected chi connectivity index (χ2v) is 5.45. The smallest absolute Gasteiger partial charge is 0.304 e. The van der Waals surface area contributed by atoms with Gasteiger partial charge in [-0.1, -0.05) is 65.8 Å². The van der Waals surface area contributed by atoms with E-state index in [2.05, 4.69) is 15.2 Å². The summed E-state index contributed by atoms with van der Waals surface area (Å²) in [6, 6.07) is 17.9. The summed E-state index contributed by atoms with van der Waals surface area (Å²) in [6.07, 6.45) is 2.77. The van der Waals surface area contributed by atoms with Crippen molar-refractivity contribution >= 4 is 23.0 Å². The molecule has 0 fully saturated rings. The van der Waals surface area contributed by atoms with Crippen molar-refractivity contribution in [3.05, 3.63) is 94.2 Å². The molecular formula is C19H12N4O3. The number of carbonyl (C=O) groups excluding carboxylic acids is 1. The molecule has 0 amide bonds. The van der Waals surface area contributed by atoms with Gasteiger partial charge in [-0.05, 0) is 5.56 Å². The second kappa shape index (κ2) is 6.56. The van der Waals surface area contributed by atoms with Crippen molar-refractivity contribution in [2.45, 2.75) is 0 Å². The molecule has 7 heteroatoms. The molecule has 0 saturated carbocycles. The summed E-state index contributed by atoms with van der Waals surface area (Å²) < 4.78 is 6.15. The summed E-state index contributed by atoms with van der Waals surface area (Å²) in [7, 11) is 0.